The molecule has 0 aliphatic carbocycles. The summed E-state index contributed by atoms with van der Waals surface area (Å²) in [6, 6.07) is 0.150. The molecule has 0 aliphatic rings. The summed E-state index contributed by atoms with van der Waals surface area (Å²) in [5.41, 5.74) is 0. The maximum atomic E-state index is 11.9. The molecule has 0 bridgehead atoms. The normalized spacial score (nSPS) is 13.9. The van der Waals surface area contributed by atoms with E-state index in [0.29, 0.717) is 0 Å². The highest BCUT2D eigenvalue weighted by atomic mass is 32.2. The zero-order valence-electron chi connectivity index (χ0n) is 9.78. The number of hydrogen-bond donors (Lipinski definition) is 2. The van der Waals surface area contributed by atoms with Crippen molar-refractivity contribution >= 4 is 16.0 Å². The lowest BCUT2D eigenvalue weighted by Gasteiger charge is -2.17. The highest BCUT2D eigenvalue weighted by Gasteiger charge is 2.29. The molecule has 1 atom stereocenters. The molecule has 1 aromatic heterocycles. The summed E-state index contributed by atoms with van der Waals surface area (Å²) in [4.78, 5) is 10.9. The molecule has 2 N–H and O–H groups in total. The van der Waals surface area contributed by atoms with E-state index in [0.717, 1.165) is 0 Å². The number of aliphatic carboxylic acids is 1. The molecule has 1 heterocycles. The first-order valence-corrected chi connectivity index (χ1v) is 6.47. The first kappa shape index (κ1) is 13.7. The van der Waals surface area contributed by atoms with E-state index in [-0.39, 0.29) is 10.9 Å². The number of nitrogens with one attached hydrogen (secondary N) is 1. The third kappa shape index (κ3) is 3.04. The lowest BCUT2D eigenvalue weighted by atomic mass is 10.1. The van der Waals surface area contributed by atoms with Crippen molar-refractivity contribution in [3.8, 4) is 0 Å². The molecule has 96 valence electrons. The Morgan fingerprint density at radius 2 is 2.12 bits per heavy atom. The van der Waals surface area contributed by atoms with Crippen LogP contribution in [0.1, 0.15) is 13.8 Å². The van der Waals surface area contributed by atoms with Crippen LogP contribution in [0.2, 0.25) is 0 Å². The zero-order valence-corrected chi connectivity index (χ0v) is 10.6. The van der Waals surface area contributed by atoms with Gasteiger partial charge in [-0.1, -0.05) is 13.8 Å². The molecular weight excluding hydrogens is 246 g/mol. The largest absolute Gasteiger partial charge is 0.480 e. The summed E-state index contributed by atoms with van der Waals surface area (Å²) in [6.45, 7) is 3.26. The number of carbonyl (C=O) groups is 1. The molecule has 0 aliphatic heterocycles. The minimum absolute atomic E-state index is 0.0654. The minimum Gasteiger partial charge on any atom is -0.480 e. The Balaban J connectivity index is 3.01. The highest BCUT2D eigenvalue weighted by molar-refractivity contribution is 7.89. The van der Waals surface area contributed by atoms with Crippen molar-refractivity contribution in [2.24, 2.45) is 13.0 Å². The maximum Gasteiger partial charge on any atom is 0.322 e. The van der Waals surface area contributed by atoms with Crippen LogP contribution in [0.3, 0.4) is 0 Å². The van der Waals surface area contributed by atoms with E-state index in [9.17, 15) is 13.2 Å². The molecule has 17 heavy (non-hydrogen) atoms. The third-order valence-corrected chi connectivity index (χ3v) is 3.78. The van der Waals surface area contributed by atoms with Gasteiger partial charge in [0.1, 0.15) is 6.04 Å². The van der Waals surface area contributed by atoms with Gasteiger partial charge in [0.2, 0.25) is 0 Å². The van der Waals surface area contributed by atoms with Gasteiger partial charge in [-0.2, -0.15) is 9.82 Å². The van der Waals surface area contributed by atoms with Crippen molar-refractivity contribution in [3.05, 3.63) is 12.3 Å². The second kappa shape index (κ2) is 4.84. The van der Waals surface area contributed by atoms with Crippen LogP contribution in [0, 0.1) is 5.92 Å². The monoisotopic (exact) mass is 261 g/mol. The fourth-order valence-electron chi connectivity index (χ4n) is 1.32. The van der Waals surface area contributed by atoms with Gasteiger partial charge in [-0.25, -0.2) is 8.42 Å². The molecule has 0 unspecified atom stereocenters. The second-order valence-electron chi connectivity index (χ2n) is 3.97. The van der Waals surface area contributed by atoms with E-state index in [1.807, 2.05) is 0 Å². The van der Waals surface area contributed by atoms with Crippen LogP contribution in [0.25, 0.3) is 0 Å². The molecule has 7 nitrogen and oxygen atoms in total. The SMILES string of the molecule is CC(C)[C@H](NS(=O)(=O)c1ccnn1C)C(=O)O. The Bertz CT molecular complexity index is 506. The molecule has 0 radical (unpaired) electrons. The van der Waals surface area contributed by atoms with Gasteiger partial charge in [-0.15, -0.1) is 0 Å². The van der Waals surface area contributed by atoms with Gasteiger partial charge in [0.15, 0.2) is 5.03 Å². The van der Waals surface area contributed by atoms with E-state index in [4.69, 9.17) is 5.11 Å². The highest BCUT2D eigenvalue weighted by Crippen LogP contribution is 2.10. The summed E-state index contributed by atoms with van der Waals surface area (Å²) >= 11 is 0. The lowest BCUT2D eigenvalue weighted by molar-refractivity contribution is -0.140. The van der Waals surface area contributed by atoms with Crippen molar-refractivity contribution in [1.29, 1.82) is 0 Å². The number of carboxylic acids is 1. The Morgan fingerprint density at radius 1 is 1.53 bits per heavy atom. The topological polar surface area (TPSA) is 101 Å². The smallest absolute Gasteiger partial charge is 0.322 e. The molecule has 8 heteroatoms. The Hall–Kier alpha value is -1.41. The van der Waals surface area contributed by atoms with Crippen LogP contribution in [0.5, 0.6) is 0 Å². The number of hydrogen-bond acceptors (Lipinski definition) is 4. The third-order valence-electron chi connectivity index (χ3n) is 2.27. The Morgan fingerprint density at radius 3 is 2.47 bits per heavy atom. The zero-order chi connectivity index (χ0) is 13.2. The second-order valence-corrected chi connectivity index (χ2v) is 5.64. The summed E-state index contributed by atoms with van der Waals surface area (Å²) in [7, 11) is -2.40. The Kier molecular flexibility index (Phi) is 3.89. The first-order chi connectivity index (χ1) is 7.75. The van der Waals surface area contributed by atoms with Crippen molar-refractivity contribution in [1.82, 2.24) is 14.5 Å². The number of aromatic nitrogens is 2. The summed E-state index contributed by atoms with van der Waals surface area (Å²) in [5.74, 6) is -1.55. The van der Waals surface area contributed by atoms with E-state index in [1.54, 1.807) is 13.8 Å². The Labute approximate surface area is 99.5 Å². The number of carboxylic acid groups (broad SMARTS) is 1. The lowest BCUT2D eigenvalue weighted by Crippen LogP contribution is -2.44. The van der Waals surface area contributed by atoms with Gasteiger partial charge in [0.05, 0.1) is 6.20 Å². The first-order valence-electron chi connectivity index (χ1n) is 4.99. The molecular formula is C9H15N3O4S. The average Bonchev–Trinajstić information content (AvgIpc) is 2.60. The van der Waals surface area contributed by atoms with Crippen LogP contribution >= 0.6 is 0 Å². The number of rotatable bonds is 5. The van der Waals surface area contributed by atoms with Crippen molar-refractivity contribution in [2.75, 3.05) is 0 Å². The van der Waals surface area contributed by atoms with Crippen LogP contribution < -0.4 is 4.72 Å². The van der Waals surface area contributed by atoms with E-state index in [1.165, 1.54) is 24.0 Å². The van der Waals surface area contributed by atoms with Crippen molar-refractivity contribution < 1.29 is 18.3 Å². The summed E-state index contributed by atoms with van der Waals surface area (Å²) in [6.07, 6.45) is 1.33. The van der Waals surface area contributed by atoms with E-state index in [2.05, 4.69) is 9.82 Å². The number of sulfonamides is 1. The number of nitrogens with zero attached hydrogens (tertiary/aromatic N) is 2. The van der Waals surface area contributed by atoms with Gasteiger partial charge in [0.25, 0.3) is 10.0 Å². The van der Waals surface area contributed by atoms with Gasteiger partial charge in [-0.05, 0) is 12.0 Å². The van der Waals surface area contributed by atoms with Crippen LogP contribution in [0.4, 0.5) is 0 Å². The molecule has 1 aromatic rings. The molecule has 0 saturated heterocycles. The molecule has 0 aromatic carbocycles. The molecule has 0 fully saturated rings. The average molecular weight is 261 g/mol. The van der Waals surface area contributed by atoms with Crippen molar-refractivity contribution in [3.63, 3.8) is 0 Å². The van der Waals surface area contributed by atoms with Gasteiger partial charge in [-0.3, -0.25) is 9.48 Å². The fraction of sp³-hybridized carbons (Fsp3) is 0.556. The van der Waals surface area contributed by atoms with Crippen LogP contribution in [0.15, 0.2) is 17.3 Å². The molecule has 0 spiro atoms. The fourth-order valence-corrected chi connectivity index (χ4v) is 2.79. The standard InChI is InChI=1S/C9H15N3O4S/c1-6(2)8(9(13)14)11-17(15,16)7-4-5-10-12(7)3/h4-6,8,11H,1-3H3,(H,13,14)/t8-/m0/s1. The summed E-state index contributed by atoms with van der Waals surface area (Å²) < 4.78 is 27.1. The van der Waals surface area contributed by atoms with Crippen molar-refractivity contribution in [2.45, 2.75) is 24.9 Å². The predicted octanol–water partition coefficient (Wildman–Crippen LogP) is -0.192. The van der Waals surface area contributed by atoms with Crippen LogP contribution in [-0.2, 0) is 21.9 Å². The van der Waals surface area contributed by atoms with Gasteiger partial charge < -0.3 is 5.11 Å². The predicted molar refractivity (Wildman–Crippen MR) is 59.8 cm³/mol. The number of aryl methyl sites for hydroxylation is 1. The molecule has 1 rings (SSSR count). The van der Waals surface area contributed by atoms with E-state index >= 15 is 0 Å². The minimum atomic E-state index is -3.87. The van der Waals surface area contributed by atoms with Crippen LogP contribution in [-0.4, -0.2) is 35.3 Å². The van der Waals surface area contributed by atoms with Gasteiger partial charge in [0, 0.05) is 7.05 Å². The quantitative estimate of drug-likeness (QED) is 0.764. The maximum absolute atomic E-state index is 11.9. The van der Waals surface area contributed by atoms with E-state index < -0.39 is 22.0 Å². The summed E-state index contributed by atoms with van der Waals surface area (Å²) in [5, 5.41) is 12.6. The molecule has 0 amide bonds. The molecule has 0 saturated carbocycles. The van der Waals surface area contributed by atoms with Gasteiger partial charge >= 0.3 is 5.97 Å².